The zero-order chi connectivity index (χ0) is 9.84. The standard InChI is InChI=1S/C9H12O4/c10-5-8(12)9(13)6-1-3-7(11)4-2-6/h1-4,8-13H,5H2/t8-,9-/m0/s1. The van der Waals surface area contributed by atoms with Gasteiger partial charge in [0, 0.05) is 0 Å². The van der Waals surface area contributed by atoms with Crippen molar-refractivity contribution in [1.82, 2.24) is 0 Å². The summed E-state index contributed by atoms with van der Waals surface area (Å²) in [4.78, 5) is 0. The first-order chi connectivity index (χ1) is 6.15. The molecule has 1 aromatic rings. The monoisotopic (exact) mass is 184 g/mol. The fraction of sp³-hybridized carbons (Fsp3) is 0.333. The first-order valence-corrected chi connectivity index (χ1v) is 3.91. The Balaban J connectivity index is 2.77. The number of rotatable bonds is 3. The molecule has 0 spiro atoms. The van der Waals surface area contributed by atoms with Crippen LogP contribution in [0.4, 0.5) is 0 Å². The molecule has 4 nitrogen and oxygen atoms in total. The molecule has 0 bridgehead atoms. The highest BCUT2D eigenvalue weighted by molar-refractivity contribution is 5.27. The van der Waals surface area contributed by atoms with Crippen molar-refractivity contribution in [1.29, 1.82) is 0 Å². The van der Waals surface area contributed by atoms with Crippen LogP contribution in [-0.4, -0.2) is 33.1 Å². The topological polar surface area (TPSA) is 80.9 Å². The third-order valence-corrected chi connectivity index (χ3v) is 1.79. The highest BCUT2D eigenvalue weighted by Gasteiger charge is 2.16. The van der Waals surface area contributed by atoms with Crippen LogP contribution in [0.1, 0.15) is 11.7 Å². The summed E-state index contributed by atoms with van der Waals surface area (Å²) in [5, 5.41) is 36.0. The predicted molar refractivity (Wildman–Crippen MR) is 46.2 cm³/mol. The summed E-state index contributed by atoms with van der Waals surface area (Å²) in [6, 6.07) is 5.78. The van der Waals surface area contributed by atoms with Gasteiger partial charge in [0.2, 0.25) is 0 Å². The summed E-state index contributed by atoms with van der Waals surface area (Å²) in [5.74, 6) is 0.0921. The summed E-state index contributed by atoms with van der Waals surface area (Å²) in [6.07, 6.45) is -2.31. The number of phenolic OH excluding ortho intramolecular Hbond substituents is 1. The summed E-state index contributed by atoms with van der Waals surface area (Å²) in [7, 11) is 0. The molecule has 0 amide bonds. The molecule has 4 N–H and O–H groups in total. The number of aliphatic hydroxyl groups is 3. The van der Waals surface area contributed by atoms with E-state index in [4.69, 9.17) is 15.3 Å². The van der Waals surface area contributed by atoms with Crippen molar-refractivity contribution in [3.63, 3.8) is 0 Å². The molecule has 0 radical (unpaired) electrons. The Morgan fingerprint density at radius 3 is 2.08 bits per heavy atom. The van der Waals surface area contributed by atoms with Gasteiger partial charge in [-0.05, 0) is 17.7 Å². The molecule has 0 saturated carbocycles. The van der Waals surface area contributed by atoms with Crippen LogP contribution >= 0.6 is 0 Å². The van der Waals surface area contributed by atoms with E-state index in [2.05, 4.69) is 0 Å². The average Bonchev–Trinajstić information content (AvgIpc) is 2.17. The summed E-state index contributed by atoms with van der Waals surface area (Å²) in [6.45, 7) is -0.498. The van der Waals surface area contributed by atoms with E-state index in [9.17, 15) is 5.11 Å². The van der Waals surface area contributed by atoms with Gasteiger partial charge in [0.15, 0.2) is 0 Å². The van der Waals surface area contributed by atoms with Crippen molar-refractivity contribution in [2.75, 3.05) is 6.61 Å². The lowest BCUT2D eigenvalue weighted by Gasteiger charge is -2.15. The Bertz CT molecular complexity index is 257. The van der Waals surface area contributed by atoms with Crippen LogP contribution in [0.3, 0.4) is 0 Å². The Morgan fingerprint density at radius 1 is 1.08 bits per heavy atom. The van der Waals surface area contributed by atoms with Gasteiger partial charge in [0.1, 0.15) is 18.0 Å². The quantitative estimate of drug-likeness (QED) is 0.523. The first-order valence-electron chi connectivity index (χ1n) is 3.91. The number of hydrogen-bond donors (Lipinski definition) is 4. The van der Waals surface area contributed by atoms with Gasteiger partial charge in [-0.25, -0.2) is 0 Å². The Hall–Kier alpha value is -1.10. The molecule has 0 aliphatic rings. The van der Waals surface area contributed by atoms with E-state index in [1.807, 2.05) is 0 Å². The molecule has 1 aromatic carbocycles. The van der Waals surface area contributed by atoms with E-state index in [1.165, 1.54) is 24.3 Å². The van der Waals surface area contributed by atoms with Gasteiger partial charge >= 0.3 is 0 Å². The maximum Gasteiger partial charge on any atom is 0.115 e. The van der Waals surface area contributed by atoms with Crippen molar-refractivity contribution < 1.29 is 20.4 Å². The third kappa shape index (κ3) is 2.42. The van der Waals surface area contributed by atoms with Gasteiger partial charge in [-0.15, -0.1) is 0 Å². The normalized spacial score (nSPS) is 15.3. The molecule has 0 saturated heterocycles. The van der Waals surface area contributed by atoms with Gasteiger partial charge in [-0.1, -0.05) is 12.1 Å². The minimum Gasteiger partial charge on any atom is -0.508 e. The zero-order valence-electron chi connectivity index (χ0n) is 6.96. The number of benzene rings is 1. The zero-order valence-corrected chi connectivity index (χ0v) is 6.96. The molecular formula is C9H12O4. The van der Waals surface area contributed by atoms with Crippen LogP contribution in [0.15, 0.2) is 24.3 Å². The molecule has 4 heteroatoms. The Kier molecular flexibility index (Phi) is 3.25. The van der Waals surface area contributed by atoms with Gasteiger partial charge in [0.25, 0.3) is 0 Å². The molecule has 0 aliphatic carbocycles. The smallest absolute Gasteiger partial charge is 0.115 e. The molecule has 13 heavy (non-hydrogen) atoms. The molecule has 0 heterocycles. The predicted octanol–water partition coefficient (Wildman–Crippen LogP) is -0.221. The van der Waals surface area contributed by atoms with E-state index in [0.29, 0.717) is 5.56 Å². The van der Waals surface area contributed by atoms with Crippen molar-refractivity contribution >= 4 is 0 Å². The second kappa shape index (κ2) is 4.23. The van der Waals surface area contributed by atoms with Crippen molar-refractivity contribution in [2.24, 2.45) is 0 Å². The molecule has 0 fully saturated rings. The van der Waals surface area contributed by atoms with Gasteiger partial charge in [-0.2, -0.15) is 0 Å². The van der Waals surface area contributed by atoms with Gasteiger partial charge in [0.05, 0.1) is 6.61 Å². The van der Waals surface area contributed by atoms with Crippen LogP contribution in [0.2, 0.25) is 0 Å². The Morgan fingerprint density at radius 2 is 1.62 bits per heavy atom. The maximum absolute atomic E-state index is 9.39. The molecule has 2 atom stereocenters. The lowest BCUT2D eigenvalue weighted by atomic mass is 10.1. The van der Waals surface area contributed by atoms with Crippen LogP contribution in [-0.2, 0) is 0 Å². The number of hydrogen-bond acceptors (Lipinski definition) is 4. The minimum absolute atomic E-state index is 0.0921. The first kappa shape index (κ1) is 9.98. The van der Waals surface area contributed by atoms with Crippen LogP contribution in [0.25, 0.3) is 0 Å². The van der Waals surface area contributed by atoms with E-state index in [-0.39, 0.29) is 5.75 Å². The maximum atomic E-state index is 9.39. The van der Waals surface area contributed by atoms with Crippen LogP contribution < -0.4 is 0 Å². The van der Waals surface area contributed by atoms with Crippen molar-refractivity contribution in [3.8, 4) is 5.75 Å². The lowest BCUT2D eigenvalue weighted by Crippen LogP contribution is -2.21. The summed E-state index contributed by atoms with van der Waals surface area (Å²) in [5.41, 5.74) is 0.458. The molecular weight excluding hydrogens is 172 g/mol. The van der Waals surface area contributed by atoms with E-state index in [1.54, 1.807) is 0 Å². The van der Waals surface area contributed by atoms with Crippen molar-refractivity contribution in [3.05, 3.63) is 29.8 Å². The van der Waals surface area contributed by atoms with E-state index in [0.717, 1.165) is 0 Å². The fourth-order valence-electron chi connectivity index (χ4n) is 0.993. The molecule has 72 valence electrons. The molecule has 0 aliphatic heterocycles. The third-order valence-electron chi connectivity index (χ3n) is 1.79. The second-order valence-corrected chi connectivity index (χ2v) is 2.79. The molecule has 1 rings (SSSR count). The highest BCUT2D eigenvalue weighted by atomic mass is 16.4. The fourth-order valence-corrected chi connectivity index (χ4v) is 0.993. The minimum atomic E-state index is -1.19. The number of aliphatic hydroxyl groups excluding tert-OH is 3. The largest absolute Gasteiger partial charge is 0.508 e. The van der Waals surface area contributed by atoms with Crippen LogP contribution in [0.5, 0.6) is 5.75 Å². The summed E-state index contributed by atoms with van der Waals surface area (Å²) >= 11 is 0. The Labute approximate surface area is 75.7 Å². The SMILES string of the molecule is OC[C@H](O)[C@@H](O)c1ccc(O)cc1. The van der Waals surface area contributed by atoms with E-state index < -0.39 is 18.8 Å². The average molecular weight is 184 g/mol. The number of aromatic hydroxyl groups is 1. The van der Waals surface area contributed by atoms with Crippen LogP contribution in [0, 0.1) is 0 Å². The molecule has 0 unspecified atom stereocenters. The second-order valence-electron chi connectivity index (χ2n) is 2.79. The van der Waals surface area contributed by atoms with E-state index >= 15 is 0 Å². The van der Waals surface area contributed by atoms with Crippen molar-refractivity contribution in [2.45, 2.75) is 12.2 Å². The molecule has 0 aromatic heterocycles. The van der Waals surface area contributed by atoms with Gasteiger partial charge < -0.3 is 20.4 Å². The highest BCUT2D eigenvalue weighted by Crippen LogP contribution is 2.19. The lowest BCUT2D eigenvalue weighted by molar-refractivity contribution is -0.0152. The van der Waals surface area contributed by atoms with Gasteiger partial charge in [-0.3, -0.25) is 0 Å². The summed E-state index contributed by atoms with van der Waals surface area (Å²) < 4.78 is 0. The number of phenols is 1.